The summed E-state index contributed by atoms with van der Waals surface area (Å²) < 4.78 is 6.17. The van der Waals surface area contributed by atoms with Crippen LogP contribution in [0.15, 0.2) is 72.8 Å². The van der Waals surface area contributed by atoms with Crippen molar-refractivity contribution in [2.75, 3.05) is 11.4 Å². The molecule has 0 saturated heterocycles. The zero-order chi connectivity index (χ0) is 29.3. The minimum Gasteiger partial charge on any atom is -0.478 e. The van der Waals surface area contributed by atoms with Gasteiger partial charge in [-0.25, -0.2) is 14.8 Å². The van der Waals surface area contributed by atoms with Gasteiger partial charge in [0.2, 0.25) is 12.0 Å². The van der Waals surface area contributed by atoms with Crippen molar-refractivity contribution in [3.8, 4) is 6.01 Å². The van der Waals surface area contributed by atoms with Crippen LogP contribution in [0.25, 0.3) is 0 Å². The normalized spacial score (nSPS) is 17.5. The standard InChI is InChI=1S/C33H34N4O4/c1-20-15-21(2)26(22(3)16-20)19-37-28-14-10-9-13-27(28)33(34-18-29(37)38,25-11-7-6-8-12-25)30(31(39)40)41-32-35-23(4)17-24(5)36-32/h6-17,30,34H,18-19H2,1-5H3,(H,39,40). The first-order valence-corrected chi connectivity index (χ1v) is 13.6. The molecular weight excluding hydrogens is 516 g/mol. The number of fused-ring (bicyclic) bond motifs is 1. The Morgan fingerprint density at radius 1 is 0.951 bits per heavy atom. The number of carbonyl (C=O) groups is 2. The van der Waals surface area contributed by atoms with Crippen molar-refractivity contribution in [3.05, 3.63) is 118 Å². The van der Waals surface area contributed by atoms with E-state index in [2.05, 4.69) is 34.3 Å². The Hall–Kier alpha value is -4.56. The molecule has 210 valence electrons. The molecule has 0 saturated carbocycles. The Labute approximate surface area is 240 Å². The van der Waals surface area contributed by atoms with Crippen LogP contribution in [-0.2, 0) is 21.7 Å². The number of carboxylic acid groups (broad SMARTS) is 1. The van der Waals surface area contributed by atoms with E-state index in [1.54, 1.807) is 24.8 Å². The van der Waals surface area contributed by atoms with E-state index in [-0.39, 0.29) is 18.5 Å². The number of ether oxygens (including phenoxy) is 1. The van der Waals surface area contributed by atoms with Crippen LogP contribution >= 0.6 is 0 Å². The van der Waals surface area contributed by atoms with Crippen LogP contribution in [0.1, 0.15) is 44.8 Å². The lowest BCUT2D eigenvalue weighted by Crippen LogP contribution is -2.58. The molecule has 2 atom stereocenters. The molecule has 1 aliphatic rings. The number of aryl methyl sites for hydroxylation is 5. The number of amides is 1. The summed E-state index contributed by atoms with van der Waals surface area (Å²) >= 11 is 0. The van der Waals surface area contributed by atoms with Crippen LogP contribution in [0.2, 0.25) is 0 Å². The van der Waals surface area contributed by atoms with Gasteiger partial charge in [0.25, 0.3) is 0 Å². The van der Waals surface area contributed by atoms with Gasteiger partial charge in [0.15, 0.2) is 0 Å². The zero-order valence-electron chi connectivity index (χ0n) is 23.9. The third-order valence-electron chi connectivity index (χ3n) is 7.63. The maximum Gasteiger partial charge on any atom is 0.347 e. The van der Waals surface area contributed by atoms with Crippen LogP contribution in [0.3, 0.4) is 0 Å². The smallest absolute Gasteiger partial charge is 0.347 e. The molecule has 8 heteroatoms. The van der Waals surface area contributed by atoms with E-state index >= 15 is 0 Å². The number of aliphatic carboxylic acids is 1. The molecule has 41 heavy (non-hydrogen) atoms. The van der Waals surface area contributed by atoms with Gasteiger partial charge < -0.3 is 14.7 Å². The molecule has 0 spiro atoms. The van der Waals surface area contributed by atoms with Crippen molar-refractivity contribution in [2.45, 2.75) is 52.8 Å². The van der Waals surface area contributed by atoms with Crippen molar-refractivity contribution < 1.29 is 19.4 Å². The highest BCUT2D eigenvalue weighted by Crippen LogP contribution is 2.42. The zero-order valence-corrected chi connectivity index (χ0v) is 23.9. The number of hydrogen-bond donors (Lipinski definition) is 2. The lowest BCUT2D eigenvalue weighted by Gasteiger charge is -2.39. The SMILES string of the molecule is Cc1cc(C)c(CN2C(=O)CNC(c3ccccc3)(C(Oc3nc(C)cc(C)n3)C(=O)O)c3ccccc32)c(C)c1. The summed E-state index contributed by atoms with van der Waals surface area (Å²) in [6.07, 6.45) is -1.51. The number of benzene rings is 3. The van der Waals surface area contributed by atoms with Gasteiger partial charge in [-0.2, -0.15) is 0 Å². The van der Waals surface area contributed by atoms with Crippen molar-refractivity contribution in [3.63, 3.8) is 0 Å². The van der Waals surface area contributed by atoms with Gasteiger partial charge >= 0.3 is 12.0 Å². The van der Waals surface area contributed by atoms with Crippen molar-refractivity contribution in [2.24, 2.45) is 0 Å². The molecular formula is C33H34N4O4. The molecule has 2 unspecified atom stereocenters. The first-order chi connectivity index (χ1) is 19.6. The number of carboxylic acids is 1. The summed E-state index contributed by atoms with van der Waals surface area (Å²) in [5, 5.41) is 14.1. The van der Waals surface area contributed by atoms with Crippen LogP contribution in [0.5, 0.6) is 6.01 Å². The fraction of sp³-hybridized carbons (Fsp3) is 0.273. The Balaban J connectivity index is 1.73. The number of rotatable bonds is 7. The van der Waals surface area contributed by atoms with Crippen LogP contribution in [0.4, 0.5) is 5.69 Å². The topological polar surface area (TPSA) is 105 Å². The van der Waals surface area contributed by atoms with E-state index in [0.29, 0.717) is 34.7 Å². The predicted octanol–water partition coefficient (Wildman–Crippen LogP) is 4.93. The average Bonchev–Trinajstić information content (AvgIpc) is 3.04. The number of nitrogens with one attached hydrogen (secondary N) is 1. The van der Waals surface area contributed by atoms with Gasteiger partial charge in [-0.05, 0) is 69.0 Å². The quantitative estimate of drug-likeness (QED) is 0.336. The number of para-hydroxylation sites is 1. The summed E-state index contributed by atoms with van der Waals surface area (Å²) in [5.74, 6) is -1.40. The minimum atomic E-state index is -1.51. The second kappa shape index (κ2) is 11.1. The summed E-state index contributed by atoms with van der Waals surface area (Å²) in [7, 11) is 0. The molecule has 1 amide bonds. The fourth-order valence-electron chi connectivity index (χ4n) is 5.89. The summed E-state index contributed by atoms with van der Waals surface area (Å²) in [5.41, 5.74) is 6.13. The van der Waals surface area contributed by atoms with E-state index in [4.69, 9.17) is 4.74 Å². The van der Waals surface area contributed by atoms with Crippen molar-refractivity contribution in [1.29, 1.82) is 0 Å². The Morgan fingerprint density at radius 3 is 2.20 bits per heavy atom. The van der Waals surface area contributed by atoms with Gasteiger partial charge in [0.1, 0.15) is 5.54 Å². The molecule has 1 aliphatic heterocycles. The molecule has 0 bridgehead atoms. The van der Waals surface area contributed by atoms with Gasteiger partial charge in [0.05, 0.1) is 13.1 Å². The highest BCUT2D eigenvalue weighted by atomic mass is 16.5. The molecule has 2 N–H and O–H groups in total. The first-order valence-electron chi connectivity index (χ1n) is 13.6. The van der Waals surface area contributed by atoms with E-state index in [0.717, 1.165) is 22.3 Å². The highest BCUT2D eigenvalue weighted by Gasteiger charge is 2.52. The number of carbonyl (C=O) groups excluding carboxylic acids is 1. The molecule has 2 heterocycles. The monoisotopic (exact) mass is 550 g/mol. The van der Waals surface area contributed by atoms with E-state index < -0.39 is 17.6 Å². The predicted molar refractivity (Wildman–Crippen MR) is 157 cm³/mol. The molecule has 5 rings (SSSR count). The third-order valence-corrected chi connectivity index (χ3v) is 7.63. The molecule has 1 aromatic heterocycles. The van der Waals surface area contributed by atoms with Crippen molar-refractivity contribution >= 4 is 17.6 Å². The summed E-state index contributed by atoms with van der Waals surface area (Å²) in [6, 6.07) is 22.7. The first kappa shape index (κ1) is 28.0. The lowest BCUT2D eigenvalue weighted by molar-refractivity contribution is -0.149. The number of nitrogens with zero attached hydrogens (tertiary/aromatic N) is 3. The number of aromatic nitrogens is 2. The molecule has 0 radical (unpaired) electrons. The molecule has 0 aliphatic carbocycles. The van der Waals surface area contributed by atoms with E-state index in [1.807, 2.05) is 68.4 Å². The fourth-order valence-corrected chi connectivity index (χ4v) is 5.89. The molecule has 8 nitrogen and oxygen atoms in total. The number of hydrogen-bond acceptors (Lipinski definition) is 6. The van der Waals surface area contributed by atoms with Gasteiger partial charge in [-0.1, -0.05) is 66.2 Å². The molecule has 3 aromatic carbocycles. The van der Waals surface area contributed by atoms with Crippen LogP contribution < -0.4 is 15.0 Å². The van der Waals surface area contributed by atoms with Gasteiger partial charge in [-0.3, -0.25) is 10.1 Å². The minimum absolute atomic E-state index is 0.0391. The maximum absolute atomic E-state index is 13.9. The lowest BCUT2D eigenvalue weighted by atomic mass is 9.77. The summed E-state index contributed by atoms with van der Waals surface area (Å²) in [6.45, 7) is 9.99. The van der Waals surface area contributed by atoms with Gasteiger partial charge in [0, 0.05) is 22.6 Å². The van der Waals surface area contributed by atoms with E-state index in [1.165, 1.54) is 0 Å². The average molecular weight is 551 g/mol. The second-order valence-electron chi connectivity index (χ2n) is 10.7. The summed E-state index contributed by atoms with van der Waals surface area (Å²) in [4.78, 5) is 37.5. The number of anilines is 1. The molecule has 4 aromatic rings. The Bertz CT molecular complexity index is 1580. The van der Waals surface area contributed by atoms with Gasteiger partial charge in [-0.15, -0.1) is 0 Å². The van der Waals surface area contributed by atoms with Crippen LogP contribution in [0, 0.1) is 34.6 Å². The van der Waals surface area contributed by atoms with Crippen molar-refractivity contribution in [1.82, 2.24) is 15.3 Å². The highest BCUT2D eigenvalue weighted by molar-refractivity contribution is 5.97. The molecule has 0 fully saturated rings. The van der Waals surface area contributed by atoms with Crippen LogP contribution in [-0.4, -0.2) is 39.6 Å². The largest absolute Gasteiger partial charge is 0.478 e. The third kappa shape index (κ3) is 5.30. The Kier molecular flexibility index (Phi) is 7.60. The van der Waals surface area contributed by atoms with E-state index in [9.17, 15) is 14.7 Å². The Morgan fingerprint density at radius 2 is 1.56 bits per heavy atom. The maximum atomic E-state index is 13.9. The second-order valence-corrected chi connectivity index (χ2v) is 10.7.